The lowest BCUT2D eigenvalue weighted by Crippen LogP contribution is -2.13. The summed E-state index contributed by atoms with van der Waals surface area (Å²) in [6.45, 7) is 3.72. The first-order valence-corrected chi connectivity index (χ1v) is 6.37. The minimum atomic E-state index is 0.626. The molecule has 0 aliphatic heterocycles. The van der Waals surface area contributed by atoms with Gasteiger partial charge in [0.1, 0.15) is 17.5 Å². The number of nitrogens with zero attached hydrogens (tertiary/aromatic N) is 4. The van der Waals surface area contributed by atoms with E-state index < -0.39 is 0 Å². The Hall–Kier alpha value is -2.15. The third-order valence-electron chi connectivity index (χ3n) is 2.67. The van der Waals surface area contributed by atoms with Gasteiger partial charge in [-0.2, -0.15) is 5.10 Å². The van der Waals surface area contributed by atoms with Gasteiger partial charge in [-0.05, 0) is 12.5 Å². The molecular weight excluding hydrogens is 242 g/mol. The van der Waals surface area contributed by atoms with Gasteiger partial charge in [-0.3, -0.25) is 4.68 Å². The molecule has 0 amide bonds. The number of nitrogen functional groups attached to an aromatic ring is 1. The Morgan fingerprint density at radius 2 is 2.16 bits per heavy atom. The summed E-state index contributed by atoms with van der Waals surface area (Å²) in [7, 11) is 0. The highest BCUT2D eigenvalue weighted by atomic mass is 15.3. The average molecular weight is 261 g/mol. The van der Waals surface area contributed by atoms with Crippen LogP contribution in [-0.4, -0.2) is 26.3 Å². The van der Waals surface area contributed by atoms with E-state index in [1.807, 2.05) is 23.9 Å². The third-order valence-corrected chi connectivity index (χ3v) is 2.67. The molecule has 7 heteroatoms. The number of nitrogens with two attached hydrogens (primary N) is 1. The number of hydrazine groups is 1. The van der Waals surface area contributed by atoms with Gasteiger partial charge in [0.05, 0.1) is 0 Å². The van der Waals surface area contributed by atoms with Crippen LogP contribution in [0, 0.1) is 0 Å². The van der Waals surface area contributed by atoms with Crippen molar-refractivity contribution < 1.29 is 0 Å². The zero-order chi connectivity index (χ0) is 13.5. The predicted molar refractivity (Wildman–Crippen MR) is 74.6 cm³/mol. The van der Waals surface area contributed by atoms with E-state index in [-0.39, 0.29) is 0 Å². The fraction of sp³-hybridized carbons (Fsp3) is 0.417. The minimum absolute atomic E-state index is 0.626. The highest BCUT2D eigenvalue weighted by molar-refractivity contribution is 5.46. The van der Waals surface area contributed by atoms with Gasteiger partial charge in [0.2, 0.25) is 0 Å². The van der Waals surface area contributed by atoms with E-state index in [4.69, 9.17) is 5.84 Å². The second kappa shape index (κ2) is 6.69. The molecule has 0 bridgehead atoms. The molecule has 2 heterocycles. The largest absolute Gasteiger partial charge is 0.370 e. The first kappa shape index (κ1) is 13.3. The van der Waals surface area contributed by atoms with Gasteiger partial charge in [-0.25, -0.2) is 15.8 Å². The summed E-state index contributed by atoms with van der Waals surface area (Å²) in [5, 5.41) is 7.42. The molecule has 0 saturated heterocycles. The molecule has 0 spiro atoms. The van der Waals surface area contributed by atoms with Crippen molar-refractivity contribution in [2.24, 2.45) is 5.84 Å². The number of hydrogen-bond acceptors (Lipinski definition) is 6. The predicted octanol–water partition coefficient (Wildman–Crippen LogP) is 1.02. The maximum atomic E-state index is 5.38. The monoisotopic (exact) mass is 261 g/mol. The Morgan fingerprint density at radius 3 is 2.84 bits per heavy atom. The van der Waals surface area contributed by atoms with Crippen LogP contribution in [0.3, 0.4) is 0 Å². The molecule has 2 aromatic heterocycles. The summed E-state index contributed by atoms with van der Waals surface area (Å²) < 4.78 is 1.91. The lowest BCUT2D eigenvalue weighted by atomic mass is 10.4. The first-order valence-electron chi connectivity index (χ1n) is 6.37. The van der Waals surface area contributed by atoms with E-state index in [2.05, 4.69) is 25.8 Å². The quantitative estimate of drug-likeness (QED) is 0.391. The molecule has 0 unspecified atom stereocenters. The van der Waals surface area contributed by atoms with Crippen LogP contribution in [0.4, 0.5) is 11.6 Å². The summed E-state index contributed by atoms with van der Waals surface area (Å²) in [5.74, 6) is 7.57. The van der Waals surface area contributed by atoms with Crippen LogP contribution in [0.15, 0.2) is 24.5 Å². The maximum absolute atomic E-state index is 5.38. The minimum Gasteiger partial charge on any atom is -0.370 e. The zero-order valence-electron chi connectivity index (χ0n) is 11.0. The summed E-state index contributed by atoms with van der Waals surface area (Å²) in [5.41, 5.74) is 2.55. The Bertz CT molecular complexity index is 473. The normalized spacial score (nSPS) is 10.4. The number of aryl methyl sites for hydroxylation is 2. The van der Waals surface area contributed by atoms with Gasteiger partial charge < -0.3 is 10.7 Å². The van der Waals surface area contributed by atoms with E-state index in [0.717, 1.165) is 37.6 Å². The summed E-state index contributed by atoms with van der Waals surface area (Å²) >= 11 is 0. The van der Waals surface area contributed by atoms with Crippen molar-refractivity contribution in [2.45, 2.75) is 26.3 Å². The lowest BCUT2D eigenvalue weighted by molar-refractivity contribution is 0.591. The number of anilines is 2. The second-order valence-corrected chi connectivity index (χ2v) is 4.10. The topological polar surface area (TPSA) is 93.7 Å². The van der Waals surface area contributed by atoms with Crippen molar-refractivity contribution in [1.82, 2.24) is 19.7 Å². The van der Waals surface area contributed by atoms with Gasteiger partial charge in [0, 0.05) is 38.0 Å². The molecule has 0 fully saturated rings. The lowest BCUT2D eigenvalue weighted by Gasteiger charge is -2.09. The standard InChI is InChI=1S/C12H19N7/c1-2-10-16-11(9-12(17-10)18-13)14-5-3-7-19-8-4-6-15-19/h4,6,8-9H,2-3,5,7,13H2,1H3,(H2,14,16,17,18). The highest BCUT2D eigenvalue weighted by Gasteiger charge is 2.02. The smallest absolute Gasteiger partial charge is 0.145 e. The van der Waals surface area contributed by atoms with E-state index in [9.17, 15) is 0 Å². The summed E-state index contributed by atoms with van der Waals surface area (Å²) in [6, 6.07) is 3.72. The van der Waals surface area contributed by atoms with Crippen molar-refractivity contribution in [1.29, 1.82) is 0 Å². The average Bonchev–Trinajstić information content (AvgIpc) is 2.96. The van der Waals surface area contributed by atoms with E-state index >= 15 is 0 Å². The van der Waals surface area contributed by atoms with E-state index in [1.54, 1.807) is 12.3 Å². The van der Waals surface area contributed by atoms with Crippen molar-refractivity contribution in [3.8, 4) is 0 Å². The van der Waals surface area contributed by atoms with Gasteiger partial charge in [-0.1, -0.05) is 6.92 Å². The van der Waals surface area contributed by atoms with Crippen molar-refractivity contribution in [2.75, 3.05) is 17.3 Å². The van der Waals surface area contributed by atoms with Gasteiger partial charge in [0.25, 0.3) is 0 Å². The molecule has 2 aromatic rings. The Labute approximate surface area is 112 Å². The van der Waals surface area contributed by atoms with Crippen LogP contribution in [-0.2, 0) is 13.0 Å². The molecule has 7 nitrogen and oxygen atoms in total. The third kappa shape index (κ3) is 3.92. The second-order valence-electron chi connectivity index (χ2n) is 4.10. The molecule has 0 radical (unpaired) electrons. The Morgan fingerprint density at radius 1 is 1.32 bits per heavy atom. The van der Waals surface area contributed by atoms with Crippen LogP contribution < -0.4 is 16.6 Å². The van der Waals surface area contributed by atoms with Crippen molar-refractivity contribution in [3.63, 3.8) is 0 Å². The van der Waals surface area contributed by atoms with E-state index in [1.165, 1.54) is 0 Å². The van der Waals surface area contributed by atoms with Crippen LogP contribution >= 0.6 is 0 Å². The molecule has 0 aliphatic rings. The van der Waals surface area contributed by atoms with Gasteiger partial charge in [0.15, 0.2) is 0 Å². The Balaban J connectivity index is 1.84. The molecule has 0 aromatic carbocycles. The van der Waals surface area contributed by atoms with Crippen LogP contribution in [0.2, 0.25) is 0 Å². The molecule has 0 saturated carbocycles. The van der Waals surface area contributed by atoms with Crippen LogP contribution in [0.5, 0.6) is 0 Å². The molecular formula is C12H19N7. The van der Waals surface area contributed by atoms with Crippen LogP contribution in [0.1, 0.15) is 19.2 Å². The van der Waals surface area contributed by atoms with Gasteiger partial charge in [-0.15, -0.1) is 0 Å². The van der Waals surface area contributed by atoms with Crippen LogP contribution in [0.25, 0.3) is 0 Å². The number of aromatic nitrogens is 4. The molecule has 102 valence electrons. The van der Waals surface area contributed by atoms with E-state index in [0.29, 0.717) is 5.82 Å². The highest BCUT2D eigenvalue weighted by Crippen LogP contribution is 2.10. The molecule has 2 rings (SSSR count). The molecule has 19 heavy (non-hydrogen) atoms. The Kier molecular flexibility index (Phi) is 4.68. The van der Waals surface area contributed by atoms with Crippen molar-refractivity contribution >= 4 is 11.6 Å². The summed E-state index contributed by atoms with van der Waals surface area (Å²) in [4.78, 5) is 8.63. The number of nitrogens with one attached hydrogen (secondary N) is 2. The SMILES string of the molecule is CCc1nc(NN)cc(NCCCn2cccn2)n1. The molecule has 0 atom stereocenters. The summed E-state index contributed by atoms with van der Waals surface area (Å²) in [6.07, 6.45) is 5.48. The zero-order valence-corrected chi connectivity index (χ0v) is 11.0. The fourth-order valence-corrected chi connectivity index (χ4v) is 1.71. The maximum Gasteiger partial charge on any atom is 0.145 e. The van der Waals surface area contributed by atoms with Crippen molar-refractivity contribution in [3.05, 3.63) is 30.4 Å². The molecule has 0 aliphatic carbocycles. The van der Waals surface area contributed by atoms with Gasteiger partial charge >= 0.3 is 0 Å². The molecule has 4 N–H and O–H groups in total. The first-order chi connectivity index (χ1) is 9.31. The fourth-order valence-electron chi connectivity index (χ4n) is 1.71. The number of rotatable bonds is 7. The number of hydrogen-bond donors (Lipinski definition) is 3.